The summed E-state index contributed by atoms with van der Waals surface area (Å²) in [6.07, 6.45) is 0. The molecule has 12 nitrogen and oxygen atoms in total. The number of aromatic nitrogens is 2. The van der Waals surface area contributed by atoms with Crippen LogP contribution in [0, 0.1) is 10.1 Å². The van der Waals surface area contributed by atoms with Gasteiger partial charge in [0.1, 0.15) is 4.90 Å². The fourth-order valence-electron chi connectivity index (χ4n) is 2.64. The Labute approximate surface area is 170 Å². The standard InChI is InChI=1S/C17H15N5O7S/c1-28-13-9-14(29-2)19-16(18-13)20-17(23)21-30(26,27)12-8-4-6-10-5-3-7-11(15(10)12)22(24)25/h3-9H,1-2H3,(H2,18,19,20,21,23). The van der Waals surface area contributed by atoms with Crippen LogP contribution < -0.4 is 19.5 Å². The maximum atomic E-state index is 12.8. The van der Waals surface area contributed by atoms with Crippen LogP contribution in [0.3, 0.4) is 0 Å². The molecule has 30 heavy (non-hydrogen) atoms. The van der Waals surface area contributed by atoms with Gasteiger partial charge >= 0.3 is 6.03 Å². The Morgan fingerprint density at radius 3 is 2.23 bits per heavy atom. The van der Waals surface area contributed by atoms with Crippen molar-refractivity contribution in [1.29, 1.82) is 0 Å². The Bertz CT molecular complexity index is 1220. The number of anilines is 1. The number of fused-ring (bicyclic) bond motifs is 1. The summed E-state index contributed by atoms with van der Waals surface area (Å²) in [5.74, 6) is -0.128. The van der Waals surface area contributed by atoms with E-state index in [0.29, 0.717) is 5.39 Å². The summed E-state index contributed by atoms with van der Waals surface area (Å²) >= 11 is 0. The van der Waals surface area contributed by atoms with Gasteiger partial charge in [-0.25, -0.2) is 17.9 Å². The molecule has 3 rings (SSSR count). The number of nitro groups is 1. The first kappa shape index (κ1) is 20.7. The molecule has 0 bridgehead atoms. The van der Waals surface area contributed by atoms with Gasteiger partial charge in [0, 0.05) is 6.07 Å². The number of ether oxygens (including phenoxy) is 2. The zero-order chi connectivity index (χ0) is 21.9. The number of amides is 2. The van der Waals surface area contributed by atoms with Crippen LogP contribution in [0.15, 0.2) is 47.4 Å². The van der Waals surface area contributed by atoms with Crippen molar-refractivity contribution < 1.29 is 27.6 Å². The molecule has 1 aromatic heterocycles. The molecule has 2 aromatic carbocycles. The Morgan fingerprint density at radius 2 is 1.67 bits per heavy atom. The molecule has 0 fully saturated rings. The summed E-state index contributed by atoms with van der Waals surface area (Å²) in [7, 11) is -1.80. The topological polar surface area (TPSA) is 163 Å². The van der Waals surface area contributed by atoms with Gasteiger partial charge in [-0.1, -0.05) is 24.3 Å². The van der Waals surface area contributed by atoms with E-state index >= 15 is 0 Å². The molecule has 0 atom stereocenters. The van der Waals surface area contributed by atoms with Crippen LogP contribution in [0.2, 0.25) is 0 Å². The van der Waals surface area contributed by atoms with Gasteiger partial charge in [0.15, 0.2) is 0 Å². The van der Waals surface area contributed by atoms with Crippen molar-refractivity contribution in [1.82, 2.24) is 14.7 Å². The lowest BCUT2D eigenvalue weighted by Crippen LogP contribution is -2.35. The third kappa shape index (κ3) is 4.20. The van der Waals surface area contributed by atoms with Crippen LogP contribution in [-0.2, 0) is 10.0 Å². The SMILES string of the molecule is COc1cc(OC)nc(NC(=O)NS(=O)(=O)c2cccc3cccc([N+](=O)[O-])c23)n1. The molecule has 2 N–H and O–H groups in total. The van der Waals surface area contributed by atoms with Gasteiger partial charge < -0.3 is 9.47 Å². The van der Waals surface area contributed by atoms with Crippen LogP contribution in [0.1, 0.15) is 0 Å². The summed E-state index contributed by atoms with van der Waals surface area (Å²) in [5.41, 5.74) is -0.408. The third-order valence-electron chi connectivity index (χ3n) is 3.88. The minimum atomic E-state index is -4.48. The van der Waals surface area contributed by atoms with Gasteiger partial charge in [-0.05, 0) is 11.5 Å². The number of benzene rings is 2. The molecule has 0 aliphatic carbocycles. The monoisotopic (exact) mass is 433 g/mol. The first-order valence-corrected chi connectivity index (χ1v) is 9.70. The van der Waals surface area contributed by atoms with Crippen molar-refractivity contribution in [3.8, 4) is 11.8 Å². The van der Waals surface area contributed by atoms with Gasteiger partial charge in [0.2, 0.25) is 17.7 Å². The molecule has 0 aliphatic heterocycles. The number of hydrogen-bond donors (Lipinski definition) is 2. The Kier molecular flexibility index (Phi) is 5.64. The number of nitro benzene ring substituents is 1. The van der Waals surface area contributed by atoms with Gasteiger partial charge in [0.05, 0.1) is 30.6 Å². The highest BCUT2D eigenvalue weighted by Crippen LogP contribution is 2.31. The predicted octanol–water partition coefficient (Wildman–Crippen LogP) is 2.07. The highest BCUT2D eigenvalue weighted by Gasteiger charge is 2.25. The molecule has 156 valence electrons. The highest BCUT2D eigenvalue weighted by molar-refractivity contribution is 7.90. The van der Waals surface area contributed by atoms with E-state index in [-0.39, 0.29) is 23.1 Å². The van der Waals surface area contributed by atoms with Crippen molar-refractivity contribution in [3.63, 3.8) is 0 Å². The number of carbonyl (C=O) groups is 1. The maximum absolute atomic E-state index is 12.8. The van der Waals surface area contributed by atoms with Crippen molar-refractivity contribution in [3.05, 3.63) is 52.6 Å². The largest absolute Gasteiger partial charge is 0.481 e. The number of sulfonamides is 1. The summed E-state index contributed by atoms with van der Waals surface area (Å²) in [6.45, 7) is 0. The molecular formula is C17H15N5O7S. The number of non-ortho nitro benzene ring substituents is 1. The molecule has 13 heteroatoms. The van der Waals surface area contributed by atoms with E-state index in [2.05, 4.69) is 15.3 Å². The van der Waals surface area contributed by atoms with E-state index in [1.165, 1.54) is 50.6 Å². The first-order valence-electron chi connectivity index (χ1n) is 8.22. The summed E-state index contributed by atoms with van der Waals surface area (Å²) in [6, 6.07) is 8.42. The normalized spacial score (nSPS) is 11.0. The number of hydrogen-bond acceptors (Lipinski definition) is 9. The van der Waals surface area contributed by atoms with Crippen molar-refractivity contribution in [2.45, 2.75) is 4.90 Å². The minimum absolute atomic E-state index is 0.0738. The van der Waals surface area contributed by atoms with Crippen molar-refractivity contribution in [2.24, 2.45) is 0 Å². The first-order chi connectivity index (χ1) is 14.2. The Hall–Kier alpha value is -4.00. The third-order valence-corrected chi connectivity index (χ3v) is 5.25. The van der Waals surface area contributed by atoms with E-state index in [4.69, 9.17) is 9.47 Å². The number of rotatable bonds is 6. The molecule has 0 unspecified atom stereocenters. The van der Waals surface area contributed by atoms with E-state index in [9.17, 15) is 23.3 Å². The summed E-state index contributed by atoms with van der Waals surface area (Å²) in [4.78, 5) is 30.2. The molecule has 0 aliphatic rings. The van der Waals surface area contributed by atoms with Crippen LogP contribution in [-0.4, -0.2) is 43.6 Å². The van der Waals surface area contributed by atoms with E-state index < -0.39 is 31.6 Å². The van der Waals surface area contributed by atoms with Crippen molar-refractivity contribution in [2.75, 3.05) is 19.5 Å². The van der Waals surface area contributed by atoms with Crippen LogP contribution in [0.4, 0.5) is 16.4 Å². The van der Waals surface area contributed by atoms with Gasteiger partial charge in [-0.2, -0.15) is 9.97 Å². The molecular weight excluding hydrogens is 418 g/mol. The zero-order valence-electron chi connectivity index (χ0n) is 15.6. The highest BCUT2D eigenvalue weighted by atomic mass is 32.2. The fraction of sp³-hybridized carbons (Fsp3) is 0.118. The average molecular weight is 433 g/mol. The second kappa shape index (κ2) is 8.16. The smallest absolute Gasteiger partial charge is 0.335 e. The number of nitrogens with zero attached hydrogens (tertiary/aromatic N) is 3. The maximum Gasteiger partial charge on any atom is 0.335 e. The lowest BCUT2D eigenvalue weighted by molar-refractivity contribution is -0.383. The predicted molar refractivity (Wildman–Crippen MR) is 105 cm³/mol. The van der Waals surface area contributed by atoms with Gasteiger partial charge in [-0.3, -0.25) is 15.4 Å². The lowest BCUT2D eigenvalue weighted by Gasteiger charge is -2.11. The number of nitrogens with one attached hydrogen (secondary N) is 2. The quantitative estimate of drug-likeness (QED) is 0.437. The van der Waals surface area contributed by atoms with E-state index in [0.717, 1.165) is 6.07 Å². The van der Waals surface area contributed by atoms with Gasteiger partial charge in [0.25, 0.3) is 15.7 Å². The molecule has 0 spiro atoms. The average Bonchev–Trinajstić information content (AvgIpc) is 2.71. The molecule has 1 heterocycles. The molecule has 3 aromatic rings. The van der Waals surface area contributed by atoms with Crippen LogP contribution >= 0.6 is 0 Å². The second-order valence-corrected chi connectivity index (χ2v) is 7.38. The Morgan fingerprint density at radius 1 is 1.07 bits per heavy atom. The lowest BCUT2D eigenvalue weighted by atomic mass is 10.1. The number of urea groups is 1. The van der Waals surface area contributed by atoms with E-state index in [1.54, 1.807) is 4.72 Å². The molecule has 0 saturated carbocycles. The number of methoxy groups -OCH3 is 2. The summed E-state index contributed by atoms with van der Waals surface area (Å²) in [5, 5.41) is 13.7. The number of carbonyl (C=O) groups excluding carboxylic acids is 1. The Balaban J connectivity index is 1.94. The molecule has 2 amide bonds. The summed E-state index contributed by atoms with van der Waals surface area (Å²) < 4.78 is 37.3. The van der Waals surface area contributed by atoms with Gasteiger partial charge in [-0.15, -0.1) is 0 Å². The minimum Gasteiger partial charge on any atom is -0.481 e. The molecule has 0 radical (unpaired) electrons. The molecule has 0 saturated heterocycles. The van der Waals surface area contributed by atoms with Crippen LogP contribution in [0.5, 0.6) is 11.8 Å². The zero-order valence-corrected chi connectivity index (χ0v) is 16.5. The van der Waals surface area contributed by atoms with Crippen molar-refractivity contribution >= 4 is 38.5 Å². The second-order valence-electron chi connectivity index (χ2n) is 5.72. The van der Waals surface area contributed by atoms with Crippen LogP contribution in [0.25, 0.3) is 10.8 Å². The fourth-order valence-corrected chi connectivity index (χ4v) is 3.79. The van der Waals surface area contributed by atoms with E-state index in [1.807, 2.05) is 0 Å².